The molecule has 0 atom stereocenters. The molecule has 1 aliphatic heterocycles. The lowest BCUT2D eigenvalue weighted by Crippen LogP contribution is -2.26. The predicted molar refractivity (Wildman–Crippen MR) is 58.5 cm³/mol. The van der Waals surface area contributed by atoms with E-state index in [4.69, 9.17) is 0 Å². The third-order valence-corrected chi connectivity index (χ3v) is 4.66. The zero-order valence-electron chi connectivity index (χ0n) is 8.41. The molecular formula is C10H8N2O3S. The fourth-order valence-electron chi connectivity index (χ4n) is 2.02. The second kappa shape index (κ2) is 2.65. The van der Waals surface area contributed by atoms with Crippen LogP contribution in [0.4, 0.5) is 5.69 Å². The molecule has 0 radical (unpaired) electrons. The largest absolute Gasteiger partial charge is 0.618 e. The summed E-state index contributed by atoms with van der Waals surface area (Å²) in [5.41, 5.74) is 0.931. The molecule has 5 nitrogen and oxygen atoms in total. The normalized spacial score (nSPS) is 16.9. The zero-order chi connectivity index (χ0) is 11.5. The Labute approximate surface area is 92.2 Å². The smallest absolute Gasteiger partial charge is 0.265 e. The van der Waals surface area contributed by atoms with Gasteiger partial charge >= 0.3 is 0 Å². The van der Waals surface area contributed by atoms with Gasteiger partial charge in [0.15, 0.2) is 6.20 Å². The lowest BCUT2D eigenvalue weighted by Gasteiger charge is -2.10. The SMILES string of the molecule is CN1c2cccc3c2c(cc[n+]3[O-])S1(=O)=O. The van der Waals surface area contributed by atoms with Crippen LogP contribution in [0, 0.1) is 5.21 Å². The third kappa shape index (κ3) is 0.898. The Kier molecular flexibility index (Phi) is 1.56. The number of rotatable bonds is 0. The molecule has 6 heteroatoms. The lowest BCUT2D eigenvalue weighted by atomic mass is 10.2. The van der Waals surface area contributed by atoms with Crippen molar-refractivity contribution < 1.29 is 13.1 Å². The molecule has 0 spiro atoms. The van der Waals surface area contributed by atoms with Crippen LogP contribution in [0.2, 0.25) is 0 Å². The summed E-state index contributed by atoms with van der Waals surface area (Å²) in [6.45, 7) is 0. The molecule has 0 bridgehead atoms. The number of aromatic nitrogens is 1. The van der Waals surface area contributed by atoms with Crippen LogP contribution in [-0.4, -0.2) is 15.5 Å². The maximum Gasteiger partial charge on any atom is 0.265 e. The fourth-order valence-corrected chi connectivity index (χ4v) is 3.42. The summed E-state index contributed by atoms with van der Waals surface area (Å²) in [6.07, 6.45) is 1.22. The van der Waals surface area contributed by atoms with Crippen LogP contribution in [0.1, 0.15) is 0 Å². The molecule has 82 valence electrons. The van der Waals surface area contributed by atoms with Gasteiger partial charge in [-0.05, 0) is 6.07 Å². The van der Waals surface area contributed by atoms with Gasteiger partial charge in [-0.25, -0.2) is 8.42 Å². The van der Waals surface area contributed by atoms with Crippen molar-refractivity contribution in [2.75, 3.05) is 11.4 Å². The van der Waals surface area contributed by atoms with Gasteiger partial charge in [-0.3, -0.25) is 4.31 Å². The summed E-state index contributed by atoms with van der Waals surface area (Å²) in [5.74, 6) is 0. The van der Waals surface area contributed by atoms with E-state index in [0.29, 0.717) is 21.3 Å². The maximum absolute atomic E-state index is 12.0. The van der Waals surface area contributed by atoms with Gasteiger partial charge in [0.2, 0.25) is 5.52 Å². The van der Waals surface area contributed by atoms with Crippen LogP contribution in [0.25, 0.3) is 10.9 Å². The van der Waals surface area contributed by atoms with Crippen LogP contribution >= 0.6 is 0 Å². The number of hydrogen-bond donors (Lipinski definition) is 0. The van der Waals surface area contributed by atoms with Gasteiger partial charge in [0.25, 0.3) is 10.0 Å². The molecule has 0 saturated heterocycles. The number of anilines is 1. The summed E-state index contributed by atoms with van der Waals surface area (Å²) < 4.78 is 25.9. The van der Waals surface area contributed by atoms with Crippen molar-refractivity contribution in [1.82, 2.24) is 0 Å². The minimum atomic E-state index is -3.47. The average molecular weight is 236 g/mol. The van der Waals surface area contributed by atoms with Crippen LogP contribution < -0.4 is 9.04 Å². The number of hydrogen-bond acceptors (Lipinski definition) is 3. The molecule has 16 heavy (non-hydrogen) atoms. The van der Waals surface area contributed by atoms with Crippen LogP contribution in [0.3, 0.4) is 0 Å². The van der Waals surface area contributed by atoms with Crippen molar-refractivity contribution in [3.8, 4) is 0 Å². The molecule has 0 amide bonds. The van der Waals surface area contributed by atoms with E-state index in [-0.39, 0.29) is 4.90 Å². The molecule has 0 fully saturated rings. The van der Waals surface area contributed by atoms with Crippen LogP contribution in [0.15, 0.2) is 35.4 Å². The first-order valence-corrected chi connectivity index (χ1v) is 6.11. The van der Waals surface area contributed by atoms with Gasteiger partial charge in [-0.1, -0.05) is 6.07 Å². The predicted octanol–water partition coefficient (Wildman–Crippen LogP) is 0.612. The van der Waals surface area contributed by atoms with E-state index in [2.05, 4.69) is 0 Å². The average Bonchev–Trinajstić information content (AvgIpc) is 2.45. The summed E-state index contributed by atoms with van der Waals surface area (Å²) in [4.78, 5) is 0.202. The second-order valence-corrected chi connectivity index (χ2v) is 5.59. The van der Waals surface area contributed by atoms with Crippen molar-refractivity contribution in [3.63, 3.8) is 0 Å². The molecule has 2 heterocycles. The summed E-state index contributed by atoms with van der Waals surface area (Å²) in [5, 5.41) is 12.0. The summed E-state index contributed by atoms with van der Waals surface area (Å²) in [7, 11) is -1.99. The minimum absolute atomic E-state index is 0.202. The van der Waals surface area contributed by atoms with Gasteiger partial charge in [0.05, 0.1) is 11.1 Å². The van der Waals surface area contributed by atoms with Crippen molar-refractivity contribution >= 4 is 26.6 Å². The number of benzene rings is 1. The Morgan fingerprint density at radius 1 is 1.31 bits per heavy atom. The van der Waals surface area contributed by atoms with Gasteiger partial charge < -0.3 is 5.21 Å². The molecule has 0 unspecified atom stereocenters. The molecule has 0 N–H and O–H groups in total. The second-order valence-electron chi connectivity index (χ2n) is 3.65. The highest BCUT2D eigenvalue weighted by molar-refractivity contribution is 7.93. The standard InChI is InChI=1S/C10H8N2O3S/c1-11-7-3-2-4-8-10(7)9(16(11,14)15)5-6-12(8)13/h2-6H,1H3. The monoisotopic (exact) mass is 236 g/mol. The Morgan fingerprint density at radius 3 is 2.81 bits per heavy atom. The van der Waals surface area contributed by atoms with E-state index in [0.717, 1.165) is 0 Å². The Bertz CT molecular complexity index is 709. The molecule has 2 aromatic rings. The van der Waals surface area contributed by atoms with Gasteiger partial charge in [0.1, 0.15) is 4.90 Å². The van der Waals surface area contributed by atoms with Crippen molar-refractivity contribution in [2.24, 2.45) is 0 Å². The van der Waals surface area contributed by atoms with E-state index in [9.17, 15) is 13.6 Å². The van der Waals surface area contributed by atoms with E-state index in [1.165, 1.54) is 23.6 Å². The van der Waals surface area contributed by atoms with Crippen LogP contribution in [-0.2, 0) is 10.0 Å². The lowest BCUT2D eigenvalue weighted by molar-refractivity contribution is -0.577. The molecule has 1 aliphatic rings. The quantitative estimate of drug-likeness (QED) is 0.497. The minimum Gasteiger partial charge on any atom is -0.618 e. The molecule has 3 rings (SSSR count). The van der Waals surface area contributed by atoms with E-state index >= 15 is 0 Å². The van der Waals surface area contributed by atoms with Crippen molar-refractivity contribution in [1.29, 1.82) is 0 Å². The fraction of sp³-hybridized carbons (Fsp3) is 0.100. The highest BCUT2D eigenvalue weighted by Crippen LogP contribution is 2.39. The Morgan fingerprint density at radius 2 is 2.06 bits per heavy atom. The van der Waals surface area contributed by atoms with Crippen molar-refractivity contribution in [2.45, 2.75) is 4.90 Å². The topological polar surface area (TPSA) is 64.3 Å². The number of sulfonamides is 1. The number of pyridine rings is 1. The first-order valence-electron chi connectivity index (χ1n) is 4.67. The Balaban J connectivity index is 2.63. The summed E-state index contributed by atoms with van der Waals surface area (Å²) >= 11 is 0. The van der Waals surface area contributed by atoms with E-state index in [1.807, 2.05) is 0 Å². The number of nitrogens with zero attached hydrogens (tertiary/aromatic N) is 2. The first-order chi connectivity index (χ1) is 7.53. The van der Waals surface area contributed by atoms with Gasteiger partial charge in [0, 0.05) is 19.2 Å². The third-order valence-electron chi connectivity index (χ3n) is 2.84. The van der Waals surface area contributed by atoms with Gasteiger partial charge in [-0.15, -0.1) is 0 Å². The molecule has 0 aliphatic carbocycles. The molecule has 1 aromatic carbocycles. The highest BCUT2D eigenvalue weighted by Gasteiger charge is 2.35. The summed E-state index contributed by atoms with van der Waals surface area (Å²) in [6, 6.07) is 6.32. The maximum atomic E-state index is 12.0. The zero-order valence-corrected chi connectivity index (χ0v) is 9.23. The van der Waals surface area contributed by atoms with Gasteiger partial charge in [-0.2, -0.15) is 4.73 Å². The van der Waals surface area contributed by atoms with Crippen molar-refractivity contribution in [3.05, 3.63) is 35.7 Å². The molecule has 0 saturated carbocycles. The molecular weight excluding hydrogens is 228 g/mol. The molecule has 1 aromatic heterocycles. The first kappa shape index (κ1) is 9.41. The highest BCUT2D eigenvalue weighted by atomic mass is 32.2. The van der Waals surface area contributed by atoms with Crippen LogP contribution in [0.5, 0.6) is 0 Å². The van der Waals surface area contributed by atoms with E-state index in [1.54, 1.807) is 18.2 Å². The Hall–Kier alpha value is -1.82. The van der Waals surface area contributed by atoms with E-state index < -0.39 is 10.0 Å².